The summed E-state index contributed by atoms with van der Waals surface area (Å²) < 4.78 is 11.7. The van der Waals surface area contributed by atoms with Gasteiger partial charge in [0.2, 0.25) is 0 Å². The summed E-state index contributed by atoms with van der Waals surface area (Å²) in [7, 11) is 0. The fourth-order valence-corrected chi connectivity index (χ4v) is 4.10. The molecular weight excluding hydrogens is 450 g/mol. The molecule has 1 aliphatic heterocycles. The Balaban J connectivity index is 1.40. The van der Waals surface area contributed by atoms with Crippen molar-refractivity contribution in [1.29, 1.82) is 0 Å². The van der Waals surface area contributed by atoms with Gasteiger partial charge in [0.05, 0.1) is 17.8 Å². The third kappa shape index (κ3) is 6.08. The first kappa shape index (κ1) is 23.6. The number of ether oxygens (including phenoxy) is 2. The van der Waals surface area contributed by atoms with Crippen LogP contribution in [0.2, 0.25) is 5.02 Å². The Bertz CT molecular complexity index is 1130. The first-order valence-electron chi connectivity index (χ1n) is 11.5. The number of carbonyl (C=O) groups is 1. The van der Waals surface area contributed by atoms with Crippen LogP contribution < -0.4 is 19.8 Å². The van der Waals surface area contributed by atoms with Crippen molar-refractivity contribution in [2.24, 2.45) is 5.10 Å². The highest BCUT2D eigenvalue weighted by molar-refractivity contribution is 6.32. The summed E-state index contributed by atoms with van der Waals surface area (Å²) in [6.07, 6.45) is 3.96. The minimum absolute atomic E-state index is 0.275. The number of amides is 1. The summed E-state index contributed by atoms with van der Waals surface area (Å²) in [6.45, 7) is 4.87. The molecule has 176 valence electrons. The van der Waals surface area contributed by atoms with E-state index in [0.717, 1.165) is 24.3 Å². The van der Waals surface area contributed by atoms with Crippen LogP contribution in [0.25, 0.3) is 0 Å². The predicted molar refractivity (Wildman–Crippen MR) is 136 cm³/mol. The van der Waals surface area contributed by atoms with E-state index in [1.165, 1.54) is 19.1 Å². The highest BCUT2D eigenvalue weighted by Gasteiger charge is 2.14. The monoisotopic (exact) mass is 477 g/mol. The van der Waals surface area contributed by atoms with Gasteiger partial charge in [0.25, 0.3) is 5.91 Å². The Morgan fingerprint density at radius 1 is 1.06 bits per heavy atom. The van der Waals surface area contributed by atoms with Gasteiger partial charge in [0, 0.05) is 24.3 Å². The average molecular weight is 478 g/mol. The number of rotatable bonds is 9. The Kier molecular flexibility index (Phi) is 8.04. The van der Waals surface area contributed by atoms with Gasteiger partial charge in [-0.2, -0.15) is 5.10 Å². The zero-order valence-electron chi connectivity index (χ0n) is 19.2. The molecule has 0 spiro atoms. The lowest BCUT2D eigenvalue weighted by molar-refractivity contribution is 0.0955. The number of hydrogen-bond donors (Lipinski definition) is 1. The Morgan fingerprint density at radius 2 is 1.79 bits per heavy atom. The van der Waals surface area contributed by atoms with Gasteiger partial charge in [-0.3, -0.25) is 4.79 Å². The number of benzene rings is 3. The first-order chi connectivity index (χ1) is 16.6. The molecule has 7 heteroatoms. The van der Waals surface area contributed by atoms with E-state index in [1.807, 2.05) is 61.5 Å². The van der Waals surface area contributed by atoms with Gasteiger partial charge in [-0.25, -0.2) is 5.43 Å². The maximum atomic E-state index is 12.5. The van der Waals surface area contributed by atoms with E-state index >= 15 is 0 Å². The van der Waals surface area contributed by atoms with Crippen LogP contribution in [0.3, 0.4) is 0 Å². The fraction of sp³-hybridized carbons (Fsp3) is 0.259. The summed E-state index contributed by atoms with van der Waals surface area (Å²) in [5.74, 6) is 0.728. The molecule has 1 amide bonds. The maximum Gasteiger partial charge on any atom is 0.271 e. The Labute approximate surface area is 205 Å². The van der Waals surface area contributed by atoms with Crippen LogP contribution in [0.15, 0.2) is 71.8 Å². The third-order valence-corrected chi connectivity index (χ3v) is 5.82. The van der Waals surface area contributed by atoms with Crippen molar-refractivity contribution in [3.63, 3.8) is 0 Å². The predicted octanol–water partition coefficient (Wildman–Crippen LogP) is 5.68. The molecule has 3 aromatic carbocycles. The number of hydrazone groups is 1. The fourth-order valence-electron chi connectivity index (χ4n) is 3.82. The normalized spacial score (nSPS) is 13.3. The van der Waals surface area contributed by atoms with Gasteiger partial charge in [-0.15, -0.1) is 0 Å². The molecule has 1 heterocycles. The van der Waals surface area contributed by atoms with Crippen LogP contribution in [0.5, 0.6) is 11.5 Å². The van der Waals surface area contributed by atoms with Gasteiger partial charge in [-0.05, 0) is 67.3 Å². The highest BCUT2D eigenvalue weighted by Crippen LogP contribution is 2.37. The molecule has 0 atom stereocenters. The number of halogens is 1. The molecule has 0 aromatic heterocycles. The molecule has 1 N–H and O–H groups in total. The molecule has 34 heavy (non-hydrogen) atoms. The summed E-state index contributed by atoms with van der Waals surface area (Å²) >= 11 is 6.48. The SMILES string of the molecule is CCOc1cc(/C=N\NC(=O)c2ccc(N3CCCC3)cc2)cc(Cl)c1OCc1ccccc1. The number of hydrogen-bond acceptors (Lipinski definition) is 5. The summed E-state index contributed by atoms with van der Waals surface area (Å²) in [4.78, 5) is 14.8. The van der Waals surface area contributed by atoms with Crippen LogP contribution in [-0.4, -0.2) is 31.8 Å². The van der Waals surface area contributed by atoms with Crippen molar-refractivity contribution < 1.29 is 14.3 Å². The second-order valence-corrected chi connectivity index (χ2v) is 8.38. The van der Waals surface area contributed by atoms with Crippen LogP contribution in [-0.2, 0) is 6.61 Å². The minimum Gasteiger partial charge on any atom is -0.490 e. The van der Waals surface area contributed by atoms with Crippen molar-refractivity contribution in [2.45, 2.75) is 26.4 Å². The molecule has 0 saturated carbocycles. The highest BCUT2D eigenvalue weighted by atomic mass is 35.5. The molecule has 1 aliphatic rings. The van der Waals surface area contributed by atoms with Gasteiger partial charge < -0.3 is 14.4 Å². The molecule has 1 saturated heterocycles. The van der Waals surface area contributed by atoms with Crippen LogP contribution in [0.1, 0.15) is 41.3 Å². The van der Waals surface area contributed by atoms with Crippen molar-refractivity contribution >= 4 is 29.4 Å². The van der Waals surface area contributed by atoms with Crippen molar-refractivity contribution in [2.75, 3.05) is 24.6 Å². The summed E-state index contributed by atoms with van der Waals surface area (Å²) in [5.41, 5.74) is 5.98. The van der Waals surface area contributed by atoms with Crippen molar-refractivity contribution in [3.8, 4) is 11.5 Å². The Morgan fingerprint density at radius 3 is 2.50 bits per heavy atom. The molecular formula is C27H28ClN3O3. The number of nitrogens with one attached hydrogen (secondary N) is 1. The van der Waals surface area contributed by atoms with Crippen LogP contribution in [0.4, 0.5) is 5.69 Å². The molecule has 1 fully saturated rings. The second kappa shape index (κ2) is 11.6. The molecule has 0 aliphatic carbocycles. The van der Waals surface area contributed by atoms with E-state index in [4.69, 9.17) is 21.1 Å². The van der Waals surface area contributed by atoms with E-state index in [9.17, 15) is 4.79 Å². The van der Waals surface area contributed by atoms with Gasteiger partial charge in [0.15, 0.2) is 11.5 Å². The van der Waals surface area contributed by atoms with Crippen LogP contribution in [0, 0.1) is 0 Å². The molecule has 0 radical (unpaired) electrons. The standard InChI is InChI=1S/C27H28ClN3O3/c1-2-33-25-17-21(16-24(28)26(25)34-19-20-8-4-3-5-9-20)18-29-30-27(32)22-10-12-23(13-11-22)31-14-6-7-15-31/h3-5,8-13,16-18H,2,6-7,14-15,19H2,1H3,(H,30,32)/b29-18-. The molecule has 3 aromatic rings. The summed E-state index contributed by atoms with van der Waals surface area (Å²) in [5, 5.41) is 4.50. The zero-order valence-corrected chi connectivity index (χ0v) is 19.9. The van der Waals surface area contributed by atoms with Crippen molar-refractivity contribution in [3.05, 3.63) is 88.4 Å². The largest absolute Gasteiger partial charge is 0.490 e. The first-order valence-corrected chi connectivity index (χ1v) is 11.8. The van der Waals surface area contributed by atoms with Gasteiger partial charge in [0.1, 0.15) is 6.61 Å². The van der Waals surface area contributed by atoms with E-state index in [2.05, 4.69) is 15.4 Å². The lowest BCUT2D eigenvalue weighted by Gasteiger charge is -2.17. The number of carbonyl (C=O) groups excluding carboxylic acids is 1. The van der Waals surface area contributed by atoms with E-state index in [-0.39, 0.29) is 5.91 Å². The second-order valence-electron chi connectivity index (χ2n) is 7.98. The van der Waals surface area contributed by atoms with E-state index in [0.29, 0.717) is 40.9 Å². The molecule has 6 nitrogen and oxygen atoms in total. The van der Waals surface area contributed by atoms with Crippen molar-refractivity contribution in [1.82, 2.24) is 5.43 Å². The summed E-state index contributed by atoms with van der Waals surface area (Å²) in [6, 6.07) is 21.0. The quantitative estimate of drug-likeness (QED) is 0.318. The average Bonchev–Trinajstić information content (AvgIpc) is 3.40. The molecule has 0 unspecified atom stereocenters. The molecule has 0 bridgehead atoms. The third-order valence-electron chi connectivity index (χ3n) is 5.54. The smallest absolute Gasteiger partial charge is 0.271 e. The van der Waals surface area contributed by atoms with E-state index < -0.39 is 0 Å². The van der Waals surface area contributed by atoms with Crippen LogP contribution >= 0.6 is 11.6 Å². The number of nitrogens with zero attached hydrogens (tertiary/aromatic N) is 2. The van der Waals surface area contributed by atoms with Gasteiger partial charge in [-0.1, -0.05) is 41.9 Å². The van der Waals surface area contributed by atoms with E-state index in [1.54, 1.807) is 12.1 Å². The maximum absolute atomic E-state index is 12.5. The van der Waals surface area contributed by atoms with Gasteiger partial charge >= 0.3 is 0 Å². The lowest BCUT2D eigenvalue weighted by Crippen LogP contribution is -2.19. The zero-order chi connectivity index (χ0) is 23.8. The Hall–Kier alpha value is -3.51. The minimum atomic E-state index is -0.275. The topological polar surface area (TPSA) is 63.2 Å². The lowest BCUT2D eigenvalue weighted by atomic mass is 10.2. The number of anilines is 1. The molecule has 4 rings (SSSR count).